The Kier molecular flexibility index (Phi) is 9.71. The summed E-state index contributed by atoms with van der Waals surface area (Å²) >= 11 is 0. The zero-order valence-corrected chi connectivity index (χ0v) is 26.7. The maximum absolute atomic E-state index is 10.7. The first-order chi connectivity index (χ1) is 19.4. The van der Waals surface area contributed by atoms with Gasteiger partial charge in [0.05, 0.1) is 12.7 Å². The van der Waals surface area contributed by atoms with Crippen molar-refractivity contribution < 1.29 is 29.9 Å². The van der Waals surface area contributed by atoms with Crippen LogP contribution in [-0.4, -0.2) is 63.8 Å². The number of rotatable bonds is 9. The van der Waals surface area contributed by atoms with Crippen LogP contribution in [-0.2, 0) is 9.47 Å². The fourth-order valence-electron chi connectivity index (χ4n) is 10.7. The highest BCUT2D eigenvalue weighted by atomic mass is 16.7. The lowest BCUT2D eigenvalue weighted by atomic mass is 9.47. The van der Waals surface area contributed by atoms with Crippen LogP contribution in [0.4, 0.5) is 0 Å². The number of aliphatic hydroxyl groups is 4. The van der Waals surface area contributed by atoms with Crippen LogP contribution in [0.1, 0.15) is 112 Å². The smallest absolute Gasteiger partial charge is 0.187 e. The summed E-state index contributed by atoms with van der Waals surface area (Å²) in [5.74, 6) is 5.39. The summed E-state index contributed by atoms with van der Waals surface area (Å²) < 4.78 is 12.2. The minimum Gasteiger partial charge on any atom is -0.394 e. The zero-order valence-electron chi connectivity index (χ0n) is 26.7. The van der Waals surface area contributed by atoms with E-state index in [4.69, 9.17) is 9.47 Å². The molecule has 14 unspecified atom stereocenters. The van der Waals surface area contributed by atoms with E-state index in [1.165, 1.54) is 56.9 Å². The summed E-state index contributed by atoms with van der Waals surface area (Å²) in [5.41, 5.74) is 1.82. The molecule has 0 aromatic heterocycles. The molecule has 5 aliphatic rings. The maximum Gasteiger partial charge on any atom is 0.187 e. The van der Waals surface area contributed by atoms with Gasteiger partial charge in [0, 0.05) is 0 Å². The van der Waals surface area contributed by atoms with Crippen molar-refractivity contribution in [2.75, 3.05) is 6.61 Å². The van der Waals surface area contributed by atoms with E-state index >= 15 is 0 Å². The molecular formula is C35H60O6. The van der Waals surface area contributed by atoms with Crippen LogP contribution in [0, 0.1) is 52.3 Å². The molecule has 0 spiro atoms. The van der Waals surface area contributed by atoms with Crippen LogP contribution in [0.3, 0.4) is 0 Å². The number of hydrogen-bond donors (Lipinski definition) is 4. The van der Waals surface area contributed by atoms with Gasteiger partial charge in [-0.1, -0.05) is 60.5 Å². The summed E-state index contributed by atoms with van der Waals surface area (Å²) in [4.78, 5) is 0. The SMILES string of the molecule is CCC(CCC(C)C1CCC2CC3CC=C4C(OC5OC(CO)C(O)C(O)C5O)CCCC4(C)C3CC21C)C(C)C. The molecule has 1 aliphatic heterocycles. The summed E-state index contributed by atoms with van der Waals surface area (Å²) in [6.07, 6.45) is 9.78. The molecule has 5 rings (SSSR count). The highest BCUT2D eigenvalue weighted by Gasteiger charge is 2.59. The average Bonchev–Trinajstić information content (AvgIpc) is 3.28. The van der Waals surface area contributed by atoms with Crippen LogP contribution in [0.15, 0.2) is 11.6 Å². The fourth-order valence-corrected chi connectivity index (χ4v) is 10.7. The summed E-state index contributed by atoms with van der Waals surface area (Å²) in [6.45, 7) is 14.4. The summed E-state index contributed by atoms with van der Waals surface area (Å²) in [7, 11) is 0. The Labute approximate surface area is 249 Å². The van der Waals surface area contributed by atoms with E-state index in [1.807, 2.05) is 0 Å². The van der Waals surface area contributed by atoms with Gasteiger partial charge in [0.1, 0.15) is 24.4 Å². The van der Waals surface area contributed by atoms with Crippen LogP contribution in [0.25, 0.3) is 0 Å². The number of allylic oxidation sites excluding steroid dienone is 1. The third-order valence-corrected chi connectivity index (χ3v) is 13.3. The van der Waals surface area contributed by atoms with Crippen molar-refractivity contribution in [2.45, 2.75) is 149 Å². The minimum absolute atomic E-state index is 0.0648. The predicted octanol–water partition coefficient (Wildman–Crippen LogP) is 5.85. The van der Waals surface area contributed by atoms with Gasteiger partial charge < -0.3 is 29.9 Å². The first kappa shape index (κ1) is 31.9. The number of hydrogen-bond acceptors (Lipinski definition) is 6. The molecule has 6 nitrogen and oxygen atoms in total. The Hall–Kier alpha value is -0.500. The topological polar surface area (TPSA) is 99.4 Å². The van der Waals surface area contributed by atoms with Gasteiger partial charge in [-0.2, -0.15) is 0 Å². The van der Waals surface area contributed by atoms with Gasteiger partial charge in [-0.3, -0.25) is 0 Å². The molecule has 1 heterocycles. The molecule has 6 heteroatoms. The Balaban J connectivity index is 1.31. The van der Waals surface area contributed by atoms with Crippen molar-refractivity contribution in [1.29, 1.82) is 0 Å². The second kappa shape index (κ2) is 12.5. The first-order valence-electron chi connectivity index (χ1n) is 17.1. The fraction of sp³-hybridized carbons (Fsp3) is 0.943. The van der Waals surface area contributed by atoms with Gasteiger partial charge >= 0.3 is 0 Å². The largest absolute Gasteiger partial charge is 0.394 e. The lowest BCUT2D eigenvalue weighted by Gasteiger charge is -2.59. The number of aliphatic hydroxyl groups excluding tert-OH is 4. The van der Waals surface area contributed by atoms with Gasteiger partial charge in [-0.15, -0.1) is 0 Å². The average molecular weight is 577 g/mol. The van der Waals surface area contributed by atoms with Gasteiger partial charge in [0.25, 0.3) is 0 Å². The Morgan fingerprint density at radius 2 is 1.78 bits per heavy atom. The molecule has 3 saturated carbocycles. The van der Waals surface area contributed by atoms with Crippen molar-refractivity contribution in [2.24, 2.45) is 52.3 Å². The molecule has 1 saturated heterocycles. The predicted molar refractivity (Wildman–Crippen MR) is 161 cm³/mol. The number of ether oxygens (including phenoxy) is 2. The molecule has 41 heavy (non-hydrogen) atoms. The van der Waals surface area contributed by atoms with E-state index in [0.717, 1.165) is 54.8 Å². The molecule has 0 aromatic carbocycles. The highest BCUT2D eigenvalue weighted by Crippen LogP contribution is 2.67. The van der Waals surface area contributed by atoms with E-state index in [2.05, 4.69) is 47.6 Å². The van der Waals surface area contributed by atoms with Gasteiger partial charge in [0.2, 0.25) is 0 Å². The molecule has 4 fully saturated rings. The Bertz CT molecular complexity index is 918. The van der Waals surface area contributed by atoms with Crippen molar-refractivity contribution in [3.8, 4) is 0 Å². The van der Waals surface area contributed by atoms with Gasteiger partial charge in [0.15, 0.2) is 6.29 Å². The first-order valence-corrected chi connectivity index (χ1v) is 17.1. The molecule has 0 radical (unpaired) electrons. The lowest BCUT2D eigenvalue weighted by Crippen LogP contribution is -2.60. The molecule has 236 valence electrons. The number of fused-ring (bicyclic) bond motifs is 4. The lowest BCUT2D eigenvalue weighted by molar-refractivity contribution is -0.310. The molecule has 0 aromatic rings. The molecule has 0 bridgehead atoms. The standard InChI is InChI=1S/C35H60O6/c1-7-22(20(2)3)11-10-21(4)25-15-13-24-17-23-12-14-26-28(9-8-16-34(26,5)27(23)18-35(24,25)6)40-33-32(39)31(38)30(37)29(19-36)41-33/h14,20-25,27-33,36-39H,7-13,15-19H2,1-6H3. The Morgan fingerprint density at radius 3 is 2.46 bits per heavy atom. The normalized spacial score (nSPS) is 47.7. The highest BCUT2D eigenvalue weighted by molar-refractivity contribution is 5.28. The molecular weight excluding hydrogens is 516 g/mol. The van der Waals surface area contributed by atoms with E-state index in [9.17, 15) is 20.4 Å². The maximum atomic E-state index is 10.7. The summed E-state index contributed by atoms with van der Waals surface area (Å²) in [5, 5.41) is 40.9. The van der Waals surface area contributed by atoms with E-state index < -0.39 is 37.3 Å². The van der Waals surface area contributed by atoms with E-state index in [1.54, 1.807) is 0 Å². The monoisotopic (exact) mass is 576 g/mol. The molecule has 4 N–H and O–H groups in total. The van der Waals surface area contributed by atoms with Crippen molar-refractivity contribution in [1.82, 2.24) is 0 Å². The third-order valence-electron chi connectivity index (χ3n) is 13.3. The summed E-state index contributed by atoms with van der Waals surface area (Å²) in [6, 6.07) is 0. The van der Waals surface area contributed by atoms with Crippen LogP contribution in [0.5, 0.6) is 0 Å². The van der Waals surface area contributed by atoms with Crippen LogP contribution < -0.4 is 0 Å². The van der Waals surface area contributed by atoms with Crippen molar-refractivity contribution in [3.05, 3.63) is 11.6 Å². The van der Waals surface area contributed by atoms with Crippen molar-refractivity contribution in [3.63, 3.8) is 0 Å². The van der Waals surface area contributed by atoms with Gasteiger partial charge in [-0.25, -0.2) is 0 Å². The van der Waals surface area contributed by atoms with Crippen molar-refractivity contribution >= 4 is 0 Å². The quantitative estimate of drug-likeness (QED) is 0.257. The molecule has 14 atom stereocenters. The van der Waals surface area contributed by atoms with Crippen LogP contribution >= 0.6 is 0 Å². The zero-order chi connectivity index (χ0) is 29.7. The molecule has 0 amide bonds. The second-order valence-corrected chi connectivity index (χ2v) is 15.7. The second-order valence-electron chi connectivity index (χ2n) is 15.7. The Morgan fingerprint density at radius 1 is 1.02 bits per heavy atom. The van der Waals surface area contributed by atoms with E-state index in [-0.39, 0.29) is 11.5 Å². The van der Waals surface area contributed by atoms with E-state index in [0.29, 0.717) is 11.3 Å². The van der Waals surface area contributed by atoms with Crippen LogP contribution in [0.2, 0.25) is 0 Å². The third kappa shape index (κ3) is 5.73. The van der Waals surface area contributed by atoms with Gasteiger partial charge in [-0.05, 0) is 116 Å². The minimum atomic E-state index is -1.41. The molecule has 4 aliphatic carbocycles.